The van der Waals surface area contributed by atoms with E-state index in [1.165, 1.54) is 44.8 Å². The number of nitrogens with zero attached hydrogens (tertiary/aromatic N) is 2. The van der Waals surface area contributed by atoms with Gasteiger partial charge >= 0.3 is 0 Å². The molecule has 1 saturated heterocycles. The molecule has 25 heavy (non-hydrogen) atoms. The van der Waals surface area contributed by atoms with Gasteiger partial charge in [0, 0.05) is 26.2 Å². The largest absolute Gasteiger partial charge is 0.459 e. The maximum absolute atomic E-state index is 11.9. The lowest BCUT2D eigenvalue weighted by Crippen LogP contribution is -2.42. The van der Waals surface area contributed by atoms with Crippen LogP contribution in [0.3, 0.4) is 0 Å². The third kappa shape index (κ3) is 4.55. The van der Waals surface area contributed by atoms with Crippen LogP contribution in [0.15, 0.2) is 27.8 Å². The average molecular weight is 346 g/mol. The van der Waals surface area contributed by atoms with Crippen LogP contribution in [0.25, 0.3) is 0 Å². The number of amides is 1. The van der Waals surface area contributed by atoms with Crippen molar-refractivity contribution < 1.29 is 9.21 Å². The lowest BCUT2D eigenvalue weighted by Gasteiger charge is -2.33. The minimum absolute atomic E-state index is 0.187. The highest BCUT2D eigenvalue weighted by atomic mass is 16.3. The summed E-state index contributed by atoms with van der Waals surface area (Å²) in [6.45, 7) is 6.25. The first-order chi connectivity index (χ1) is 12.2. The Morgan fingerprint density at radius 1 is 1.28 bits per heavy atom. The van der Waals surface area contributed by atoms with Crippen LogP contribution in [0.5, 0.6) is 0 Å². The van der Waals surface area contributed by atoms with E-state index in [2.05, 4.69) is 22.5 Å². The third-order valence-electron chi connectivity index (χ3n) is 5.39. The molecular weight excluding hydrogens is 316 g/mol. The molecule has 1 aromatic heterocycles. The van der Waals surface area contributed by atoms with E-state index in [9.17, 15) is 4.79 Å². The molecule has 2 heterocycles. The van der Waals surface area contributed by atoms with Crippen LogP contribution < -0.4 is 10.6 Å². The fraction of sp³-hybridized carbons (Fsp3) is 0.684. The first-order valence-corrected chi connectivity index (χ1v) is 9.57. The quantitative estimate of drug-likeness (QED) is 0.488. The number of nitrogens with one attached hydrogen (secondary N) is 2. The van der Waals surface area contributed by atoms with Crippen molar-refractivity contribution in [3.63, 3.8) is 0 Å². The summed E-state index contributed by atoms with van der Waals surface area (Å²) >= 11 is 0. The normalized spacial score (nSPS) is 20.0. The molecule has 0 unspecified atom stereocenters. The average Bonchev–Trinajstić information content (AvgIpc) is 3.29. The predicted molar refractivity (Wildman–Crippen MR) is 98.7 cm³/mol. The molecule has 138 valence electrons. The molecule has 1 aliphatic carbocycles. The first-order valence-electron chi connectivity index (χ1n) is 9.57. The molecule has 2 fully saturated rings. The Hall–Kier alpha value is -1.98. The summed E-state index contributed by atoms with van der Waals surface area (Å²) in [6.07, 6.45) is 9.66. The maximum atomic E-state index is 11.9. The van der Waals surface area contributed by atoms with E-state index in [4.69, 9.17) is 9.41 Å². The van der Waals surface area contributed by atoms with E-state index in [-0.39, 0.29) is 5.91 Å². The Labute approximate surface area is 150 Å². The second-order valence-electron chi connectivity index (χ2n) is 7.20. The molecule has 3 rings (SSSR count). The minimum Gasteiger partial charge on any atom is -0.459 e. The monoisotopic (exact) mass is 346 g/mol. The van der Waals surface area contributed by atoms with Gasteiger partial charge in [-0.15, -0.1) is 0 Å². The maximum Gasteiger partial charge on any atom is 0.287 e. The highest BCUT2D eigenvalue weighted by molar-refractivity contribution is 5.91. The van der Waals surface area contributed by atoms with Crippen LogP contribution in [0, 0.1) is 5.41 Å². The van der Waals surface area contributed by atoms with E-state index < -0.39 is 0 Å². The van der Waals surface area contributed by atoms with Gasteiger partial charge in [-0.2, -0.15) is 0 Å². The standard InChI is InChI=1S/C19H30N4O2/c1-2-20-18(22-12-11-21-17(24)16-7-6-14-25-16)23-13-10-19(15-23)8-4-3-5-9-19/h6-7,14H,2-5,8-13,15H2,1H3,(H,20,22)(H,21,24). The number of hydrogen-bond acceptors (Lipinski definition) is 3. The Kier molecular flexibility index (Phi) is 6.00. The van der Waals surface area contributed by atoms with Gasteiger partial charge in [0.05, 0.1) is 12.8 Å². The number of carbonyl (C=O) groups excluding carboxylic acids is 1. The number of likely N-dealkylation sites (tertiary alicyclic amines) is 1. The van der Waals surface area contributed by atoms with Crippen molar-refractivity contribution in [3.8, 4) is 0 Å². The lowest BCUT2D eigenvalue weighted by atomic mass is 9.73. The molecule has 2 N–H and O–H groups in total. The topological polar surface area (TPSA) is 69.9 Å². The molecule has 0 aromatic carbocycles. The summed E-state index contributed by atoms with van der Waals surface area (Å²) in [6, 6.07) is 3.38. The molecule has 0 radical (unpaired) electrons. The van der Waals surface area contributed by atoms with Crippen LogP contribution >= 0.6 is 0 Å². The van der Waals surface area contributed by atoms with E-state index >= 15 is 0 Å². The second-order valence-corrected chi connectivity index (χ2v) is 7.20. The van der Waals surface area contributed by atoms with Crippen molar-refractivity contribution in [2.24, 2.45) is 10.4 Å². The van der Waals surface area contributed by atoms with Crippen LogP contribution in [0.1, 0.15) is 56.0 Å². The number of guanidine groups is 1. The Bertz CT molecular complexity index is 576. The zero-order valence-corrected chi connectivity index (χ0v) is 15.2. The molecular formula is C19H30N4O2. The van der Waals surface area contributed by atoms with Crippen molar-refractivity contribution in [3.05, 3.63) is 24.2 Å². The van der Waals surface area contributed by atoms with E-state index in [0.717, 1.165) is 25.6 Å². The van der Waals surface area contributed by atoms with E-state index in [0.29, 0.717) is 24.3 Å². The van der Waals surface area contributed by atoms with Crippen LogP contribution in [0.4, 0.5) is 0 Å². The van der Waals surface area contributed by atoms with Crippen LogP contribution in [-0.4, -0.2) is 49.5 Å². The summed E-state index contributed by atoms with van der Waals surface area (Å²) < 4.78 is 5.09. The zero-order chi connectivity index (χ0) is 17.5. The van der Waals surface area contributed by atoms with Crippen LogP contribution in [0.2, 0.25) is 0 Å². The molecule has 6 nitrogen and oxygen atoms in total. The summed E-state index contributed by atoms with van der Waals surface area (Å²) in [5.41, 5.74) is 0.516. The minimum atomic E-state index is -0.187. The molecule has 1 amide bonds. The van der Waals surface area contributed by atoms with Crippen molar-refractivity contribution in [2.45, 2.75) is 45.4 Å². The summed E-state index contributed by atoms with van der Waals surface area (Å²) in [7, 11) is 0. The zero-order valence-electron chi connectivity index (χ0n) is 15.2. The molecule has 1 aromatic rings. The smallest absolute Gasteiger partial charge is 0.287 e. The highest BCUT2D eigenvalue weighted by Crippen LogP contribution is 2.43. The lowest BCUT2D eigenvalue weighted by molar-refractivity contribution is 0.0927. The second kappa shape index (κ2) is 8.41. The molecule has 1 saturated carbocycles. The van der Waals surface area contributed by atoms with Crippen molar-refractivity contribution >= 4 is 11.9 Å². The van der Waals surface area contributed by atoms with Crippen LogP contribution in [-0.2, 0) is 0 Å². The highest BCUT2D eigenvalue weighted by Gasteiger charge is 2.39. The van der Waals surface area contributed by atoms with Gasteiger partial charge in [-0.05, 0) is 43.7 Å². The summed E-state index contributed by atoms with van der Waals surface area (Å²) in [5.74, 6) is 1.14. The number of hydrogen-bond donors (Lipinski definition) is 2. The summed E-state index contributed by atoms with van der Waals surface area (Å²) in [5, 5.41) is 6.25. The Balaban J connectivity index is 1.50. The third-order valence-corrected chi connectivity index (χ3v) is 5.39. The molecule has 0 bridgehead atoms. The molecule has 1 aliphatic heterocycles. The van der Waals surface area contributed by atoms with E-state index in [1.807, 2.05) is 0 Å². The fourth-order valence-electron chi connectivity index (χ4n) is 4.08. The van der Waals surface area contributed by atoms with Gasteiger partial charge in [-0.1, -0.05) is 19.3 Å². The molecule has 6 heteroatoms. The predicted octanol–water partition coefficient (Wildman–Crippen LogP) is 2.63. The SMILES string of the molecule is CCNC(=NCCNC(=O)c1ccco1)N1CCC2(CCCCC2)C1. The molecule has 0 atom stereocenters. The van der Waals surface area contributed by atoms with Gasteiger partial charge in [-0.3, -0.25) is 9.79 Å². The summed E-state index contributed by atoms with van der Waals surface area (Å²) in [4.78, 5) is 19.0. The van der Waals surface area contributed by atoms with Gasteiger partial charge in [-0.25, -0.2) is 0 Å². The Morgan fingerprint density at radius 3 is 2.84 bits per heavy atom. The molecule has 2 aliphatic rings. The number of furan rings is 1. The number of carbonyl (C=O) groups is 1. The van der Waals surface area contributed by atoms with E-state index in [1.54, 1.807) is 12.1 Å². The van der Waals surface area contributed by atoms with Gasteiger partial charge < -0.3 is 20.0 Å². The number of aliphatic imine (C=N–C) groups is 1. The van der Waals surface area contributed by atoms with Gasteiger partial charge in [0.15, 0.2) is 11.7 Å². The van der Waals surface area contributed by atoms with Crippen molar-refractivity contribution in [2.75, 3.05) is 32.7 Å². The van der Waals surface area contributed by atoms with Crippen molar-refractivity contribution in [1.29, 1.82) is 0 Å². The fourth-order valence-corrected chi connectivity index (χ4v) is 4.08. The van der Waals surface area contributed by atoms with Gasteiger partial charge in [0.2, 0.25) is 0 Å². The number of rotatable bonds is 5. The van der Waals surface area contributed by atoms with Crippen molar-refractivity contribution in [1.82, 2.24) is 15.5 Å². The van der Waals surface area contributed by atoms with Gasteiger partial charge in [0.25, 0.3) is 5.91 Å². The van der Waals surface area contributed by atoms with Gasteiger partial charge in [0.1, 0.15) is 0 Å². The first kappa shape index (κ1) is 17.8. The molecule has 1 spiro atoms. The Morgan fingerprint density at radius 2 is 2.12 bits per heavy atom.